The summed E-state index contributed by atoms with van der Waals surface area (Å²) in [6.45, 7) is 4.85. The highest BCUT2D eigenvalue weighted by Gasteiger charge is 2.27. The number of anilines is 2. The van der Waals surface area contributed by atoms with Gasteiger partial charge in [0.25, 0.3) is 0 Å². The average Bonchev–Trinajstić information content (AvgIpc) is 3.02. The van der Waals surface area contributed by atoms with Crippen LogP contribution in [-0.4, -0.2) is 46.1 Å². The molecule has 0 atom stereocenters. The van der Waals surface area contributed by atoms with Crippen molar-refractivity contribution in [2.75, 3.05) is 36.0 Å². The van der Waals surface area contributed by atoms with Crippen molar-refractivity contribution in [1.29, 1.82) is 0 Å². The highest BCUT2D eigenvalue weighted by Crippen LogP contribution is 2.36. The molecule has 4 heterocycles. The van der Waals surface area contributed by atoms with Crippen LogP contribution in [0.2, 0.25) is 0 Å². The third-order valence-corrected chi connectivity index (χ3v) is 5.92. The Morgan fingerprint density at radius 3 is 2.65 bits per heavy atom. The highest BCUT2D eigenvalue weighted by atomic mass is 79.9. The normalized spacial score (nSPS) is 14.8. The Morgan fingerprint density at radius 1 is 1.19 bits per heavy atom. The summed E-state index contributed by atoms with van der Waals surface area (Å²) in [6.07, 6.45) is 4.50. The van der Waals surface area contributed by atoms with Gasteiger partial charge in [0.2, 0.25) is 0 Å². The van der Waals surface area contributed by atoms with E-state index >= 15 is 0 Å². The Labute approximate surface area is 161 Å². The van der Waals surface area contributed by atoms with Gasteiger partial charge in [0.05, 0.1) is 14.8 Å². The van der Waals surface area contributed by atoms with E-state index in [1.54, 1.807) is 23.9 Å². The minimum Gasteiger partial charge on any atom is -0.361 e. The van der Waals surface area contributed by atoms with E-state index in [0.29, 0.717) is 23.2 Å². The van der Waals surface area contributed by atoms with Crippen LogP contribution in [0.25, 0.3) is 10.2 Å². The molecule has 134 valence electrons. The summed E-state index contributed by atoms with van der Waals surface area (Å²) in [5.41, 5.74) is 0.606. The quantitative estimate of drug-likeness (QED) is 0.460. The van der Waals surface area contributed by atoms with Gasteiger partial charge >= 0.3 is 5.69 Å². The topological polar surface area (TPSA) is 88.3 Å². The van der Waals surface area contributed by atoms with E-state index in [1.807, 2.05) is 4.90 Å². The minimum absolute atomic E-state index is 0.0192. The maximum Gasteiger partial charge on any atom is 0.311 e. The number of nitrogens with zero attached hydrogens (tertiary/aromatic N) is 6. The molecule has 0 saturated carbocycles. The molecule has 1 aliphatic heterocycles. The molecule has 0 bridgehead atoms. The lowest BCUT2D eigenvalue weighted by molar-refractivity contribution is -0.384. The number of nitro groups is 1. The van der Waals surface area contributed by atoms with E-state index in [4.69, 9.17) is 0 Å². The first-order valence-corrected chi connectivity index (χ1v) is 9.64. The first kappa shape index (κ1) is 17.1. The summed E-state index contributed by atoms with van der Waals surface area (Å²) in [6, 6.07) is 2.12. The number of halogens is 1. The molecule has 1 saturated heterocycles. The zero-order chi connectivity index (χ0) is 18.3. The highest BCUT2D eigenvalue weighted by molar-refractivity contribution is 9.10. The molecule has 3 aromatic rings. The Bertz CT molecular complexity index is 986. The molecule has 0 N–H and O–H groups in total. The molecule has 0 radical (unpaired) electrons. The molecule has 0 aromatic carbocycles. The molecule has 26 heavy (non-hydrogen) atoms. The zero-order valence-electron chi connectivity index (χ0n) is 13.9. The minimum atomic E-state index is -0.387. The predicted molar refractivity (Wildman–Crippen MR) is 105 cm³/mol. The molecule has 3 aromatic heterocycles. The second-order valence-electron chi connectivity index (χ2n) is 5.99. The summed E-state index contributed by atoms with van der Waals surface area (Å²) < 4.78 is 0.637. The van der Waals surface area contributed by atoms with Gasteiger partial charge in [-0.15, -0.1) is 11.3 Å². The standard InChI is InChI=1S/C16H15BrN6O2S/c1-10-6-11-15(19-9-20-16(11)26-10)22-4-2-21(3-5-22)14-12(17)7-18-8-13(14)23(24)25/h6-9H,2-5H2,1H3. The van der Waals surface area contributed by atoms with Crippen LogP contribution in [0.15, 0.2) is 29.3 Å². The smallest absolute Gasteiger partial charge is 0.311 e. The van der Waals surface area contributed by atoms with Crippen LogP contribution in [0.3, 0.4) is 0 Å². The number of aryl methyl sites for hydroxylation is 1. The maximum atomic E-state index is 11.3. The molecule has 0 amide bonds. The van der Waals surface area contributed by atoms with Crippen molar-refractivity contribution in [3.05, 3.63) is 44.3 Å². The Morgan fingerprint density at radius 2 is 1.92 bits per heavy atom. The summed E-state index contributed by atoms with van der Waals surface area (Å²) in [5, 5.41) is 12.4. The number of thiophene rings is 1. The van der Waals surface area contributed by atoms with Crippen LogP contribution in [0.5, 0.6) is 0 Å². The molecule has 4 rings (SSSR count). The molecule has 10 heteroatoms. The van der Waals surface area contributed by atoms with Crippen LogP contribution < -0.4 is 9.80 Å². The Hall–Kier alpha value is -2.33. The molecule has 0 spiro atoms. The second-order valence-corrected chi connectivity index (χ2v) is 8.08. The summed E-state index contributed by atoms with van der Waals surface area (Å²) in [5.74, 6) is 0.933. The molecule has 1 aliphatic rings. The second kappa shape index (κ2) is 6.76. The fraction of sp³-hybridized carbons (Fsp3) is 0.312. The lowest BCUT2D eigenvalue weighted by Gasteiger charge is -2.36. The first-order valence-electron chi connectivity index (χ1n) is 8.03. The fourth-order valence-electron chi connectivity index (χ4n) is 3.22. The lowest BCUT2D eigenvalue weighted by Crippen LogP contribution is -2.47. The van der Waals surface area contributed by atoms with Gasteiger partial charge in [-0.3, -0.25) is 15.1 Å². The van der Waals surface area contributed by atoms with E-state index in [0.717, 1.165) is 29.1 Å². The van der Waals surface area contributed by atoms with Gasteiger partial charge in [-0.2, -0.15) is 0 Å². The SMILES string of the molecule is Cc1cc2c(N3CCN(c4c(Br)cncc4[N+](=O)[O-])CC3)ncnc2s1. The molecule has 1 fully saturated rings. The van der Waals surface area contributed by atoms with Gasteiger partial charge in [0.15, 0.2) is 0 Å². The van der Waals surface area contributed by atoms with Gasteiger partial charge in [0, 0.05) is 37.3 Å². The summed E-state index contributed by atoms with van der Waals surface area (Å²) in [7, 11) is 0. The summed E-state index contributed by atoms with van der Waals surface area (Å²) >= 11 is 5.06. The van der Waals surface area contributed by atoms with Gasteiger partial charge in [-0.25, -0.2) is 9.97 Å². The van der Waals surface area contributed by atoms with Crippen molar-refractivity contribution in [2.45, 2.75) is 6.92 Å². The lowest BCUT2D eigenvalue weighted by atomic mass is 10.2. The van der Waals surface area contributed by atoms with E-state index in [9.17, 15) is 10.1 Å². The molecular formula is C16H15BrN6O2S. The van der Waals surface area contributed by atoms with Crippen LogP contribution in [-0.2, 0) is 0 Å². The Kier molecular flexibility index (Phi) is 4.45. The van der Waals surface area contributed by atoms with Crippen molar-refractivity contribution >= 4 is 54.7 Å². The van der Waals surface area contributed by atoms with Gasteiger partial charge in [-0.1, -0.05) is 0 Å². The van der Waals surface area contributed by atoms with Crippen LogP contribution in [0.4, 0.5) is 17.2 Å². The predicted octanol–water partition coefficient (Wildman–Crippen LogP) is 3.39. The average molecular weight is 435 g/mol. The van der Waals surface area contributed by atoms with Crippen molar-refractivity contribution in [3.8, 4) is 0 Å². The van der Waals surface area contributed by atoms with E-state index in [-0.39, 0.29) is 10.6 Å². The number of hydrogen-bond donors (Lipinski definition) is 0. The number of aromatic nitrogens is 3. The van der Waals surface area contributed by atoms with E-state index < -0.39 is 0 Å². The number of fused-ring (bicyclic) bond motifs is 1. The van der Waals surface area contributed by atoms with Crippen molar-refractivity contribution in [2.24, 2.45) is 0 Å². The number of rotatable bonds is 3. The van der Waals surface area contributed by atoms with Gasteiger partial charge in [0.1, 0.15) is 28.9 Å². The van der Waals surface area contributed by atoms with Crippen molar-refractivity contribution < 1.29 is 4.92 Å². The van der Waals surface area contributed by atoms with Crippen molar-refractivity contribution in [1.82, 2.24) is 15.0 Å². The monoisotopic (exact) mass is 434 g/mol. The molecule has 8 nitrogen and oxygen atoms in total. The van der Waals surface area contributed by atoms with E-state index in [1.165, 1.54) is 11.1 Å². The summed E-state index contributed by atoms with van der Waals surface area (Å²) in [4.78, 5) is 30.1. The first-order chi connectivity index (χ1) is 12.5. The largest absolute Gasteiger partial charge is 0.361 e. The zero-order valence-corrected chi connectivity index (χ0v) is 16.3. The van der Waals surface area contributed by atoms with Crippen LogP contribution >= 0.6 is 27.3 Å². The number of pyridine rings is 1. The van der Waals surface area contributed by atoms with E-state index in [2.05, 4.69) is 48.8 Å². The maximum absolute atomic E-state index is 11.3. The van der Waals surface area contributed by atoms with Crippen LogP contribution in [0, 0.1) is 17.0 Å². The van der Waals surface area contributed by atoms with Gasteiger partial charge in [-0.05, 0) is 28.9 Å². The third-order valence-electron chi connectivity index (χ3n) is 4.38. The fourth-order valence-corrected chi connectivity index (χ4v) is 4.64. The third kappa shape index (κ3) is 2.99. The van der Waals surface area contributed by atoms with Crippen molar-refractivity contribution in [3.63, 3.8) is 0 Å². The molecular weight excluding hydrogens is 420 g/mol. The number of piperazine rings is 1. The molecule has 0 unspecified atom stereocenters. The Balaban J connectivity index is 1.59. The number of hydrogen-bond acceptors (Lipinski definition) is 8. The van der Waals surface area contributed by atoms with Crippen LogP contribution in [0.1, 0.15) is 4.88 Å². The molecule has 0 aliphatic carbocycles. The van der Waals surface area contributed by atoms with Gasteiger partial charge < -0.3 is 9.80 Å².